The molecule has 1 heterocycles. The Balaban J connectivity index is 2.01. The van der Waals surface area contributed by atoms with Crippen LogP contribution in [0.2, 0.25) is 0 Å². The summed E-state index contributed by atoms with van der Waals surface area (Å²) in [5.74, 6) is -0.493. The lowest BCUT2D eigenvalue weighted by molar-refractivity contribution is 0.612. The first kappa shape index (κ1) is 14.0. The van der Waals surface area contributed by atoms with Crippen LogP contribution >= 0.6 is 0 Å². The van der Waals surface area contributed by atoms with Crippen LogP contribution in [0.15, 0.2) is 36.4 Å². The zero-order chi connectivity index (χ0) is 15.0. The third-order valence-electron chi connectivity index (χ3n) is 4.17. The number of hydrogen-bond acceptors (Lipinski definition) is 2. The molecule has 4 heteroatoms. The van der Waals surface area contributed by atoms with Gasteiger partial charge >= 0.3 is 0 Å². The van der Waals surface area contributed by atoms with Crippen LogP contribution in [0, 0.1) is 18.6 Å². The van der Waals surface area contributed by atoms with Gasteiger partial charge in [-0.3, -0.25) is 0 Å². The Morgan fingerprint density at radius 1 is 1.14 bits per heavy atom. The lowest BCUT2D eigenvalue weighted by atomic mass is 9.99. The minimum Gasteiger partial charge on any atom is -0.363 e. The van der Waals surface area contributed by atoms with Crippen molar-refractivity contribution in [1.82, 2.24) is 0 Å². The zero-order valence-electron chi connectivity index (χ0n) is 11.9. The first-order valence-corrected chi connectivity index (χ1v) is 7.11. The second-order valence-electron chi connectivity index (χ2n) is 5.47. The van der Waals surface area contributed by atoms with E-state index in [0.717, 1.165) is 35.3 Å². The zero-order valence-corrected chi connectivity index (χ0v) is 11.9. The largest absolute Gasteiger partial charge is 0.363 e. The number of rotatable bonds is 3. The molecule has 0 aliphatic carbocycles. The van der Waals surface area contributed by atoms with Crippen LogP contribution in [-0.4, -0.2) is 13.1 Å². The molecule has 3 rings (SSSR count). The minimum atomic E-state index is -0.250. The van der Waals surface area contributed by atoms with Crippen LogP contribution in [0.4, 0.5) is 14.5 Å². The van der Waals surface area contributed by atoms with Crippen molar-refractivity contribution < 1.29 is 8.78 Å². The molecule has 110 valence electrons. The number of nitrogens with two attached hydrogens (primary N) is 1. The SMILES string of the molecule is Cc1cc(F)ccc1C(CN)N1CCc2ccc(F)cc21. The number of hydrogen-bond donors (Lipinski definition) is 1. The average molecular weight is 288 g/mol. The highest BCUT2D eigenvalue weighted by molar-refractivity contribution is 5.60. The monoisotopic (exact) mass is 288 g/mol. The first-order chi connectivity index (χ1) is 10.1. The van der Waals surface area contributed by atoms with Gasteiger partial charge in [0.05, 0.1) is 6.04 Å². The van der Waals surface area contributed by atoms with Crippen molar-refractivity contribution in [2.75, 3.05) is 18.0 Å². The standard InChI is InChI=1S/C17H18F2N2/c1-11-8-13(18)4-5-15(11)17(10-20)21-7-6-12-2-3-14(19)9-16(12)21/h2-5,8-9,17H,6-7,10,20H2,1H3. The quantitative estimate of drug-likeness (QED) is 0.938. The summed E-state index contributed by atoms with van der Waals surface area (Å²) in [6.07, 6.45) is 0.881. The predicted octanol–water partition coefficient (Wildman–Crippen LogP) is 3.34. The van der Waals surface area contributed by atoms with Gasteiger partial charge in [-0.05, 0) is 54.3 Å². The van der Waals surface area contributed by atoms with Crippen molar-refractivity contribution in [3.05, 3.63) is 64.7 Å². The van der Waals surface area contributed by atoms with E-state index in [1.54, 1.807) is 12.1 Å². The van der Waals surface area contributed by atoms with E-state index in [1.165, 1.54) is 18.2 Å². The van der Waals surface area contributed by atoms with Gasteiger partial charge in [0.1, 0.15) is 11.6 Å². The molecule has 1 aliphatic heterocycles. The summed E-state index contributed by atoms with van der Waals surface area (Å²) >= 11 is 0. The van der Waals surface area contributed by atoms with Gasteiger partial charge in [-0.25, -0.2) is 8.78 Å². The number of anilines is 1. The molecule has 21 heavy (non-hydrogen) atoms. The Kier molecular flexibility index (Phi) is 3.64. The molecule has 0 aromatic heterocycles. The van der Waals surface area contributed by atoms with E-state index in [4.69, 9.17) is 5.73 Å². The van der Waals surface area contributed by atoms with Crippen LogP contribution in [0.3, 0.4) is 0 Å². The molecule has 2 aromatic carbocycles. The summed E-state index contributed by atoms with van der Waals surface area (Å²) in [4.78, 5) is 2.12. The molecule has 1 aliphatic rings. The average Bonchev–Trinajstić information content (AvgIpc) is 2.85. The third-order valence-corrected chi connectivity index (χ3v) is 4.17. The van der Waals surface area contributed by atoms with Gasteiger partial charge in [-0.1, -0.05) is 12.1 Å². The molecule has 0 saturated carbocycles. The van der Waals surface area contributed by atoms with Crippen molar-refractivity contribution in [2.24, 2.45) is 5.73 Å². The molecular weight excluding hydrogens is 270 g/mol. The fourth-order valence-electron chi connectivity index (χ4n) is 3.14. The molecule has 0 saturated heterocycles. The van der Waals surface area contributed by atoms with E-state index in [0.29, 0.717) is 6.54 Å². The predicted molar refractivity (Wildman–Crippen MR) is 80.4 cm³/mol. The van der Waals surface area contributed by atoms with Crippen LogP contribution in [0.1, 0.15) is 22.7 Å². The fourth-order valence-corrected chi connectivity index (χ4v) is 3.14. The highest BCUT2D eigenvalue weighted by atomic mass is 19.1. The van der Waals surface area contributed by atoms with Crippen molar-refractivity contribution >= 4 is 5.69 Å². The molecule has 0 amide bonds. The number of halogens is 2. The van der Waals surface area contributed by atoms with Gasteiger partial charge in [0, 0.05) is 18.8 Å². The van der Waals surface area contributed by atoms with Crippen LogP contribution in [0.25, 0.3) is 0 Å². The van der Waals surface area contributed by atoms with E-state index in [-0.39, 0.29) is 17.7 Å². The number of benzene rings is 2. The molecule has 0 spiro atoms. The van der Waals surface area contributed by atoms with E-state index in [1.807, 2.05) is 13.0 Å². The Morgan fingerprint density at radius 3 is 2.57 bits per heavy atom. The van der Waals surface area contributed by atoms with Gasteiger partial charge in [-0.15, -0.1) is 0 Å². The summed E-state index contributed by atoms with van der Waals surface area (Å²) in [6, 6.07) is 9.56. The van der Waals surface area contributed by atoms with Crippen molar-refractivity contribution in [2.45, 2.75) is 19.4 Å². The summed E-state index contributed by atoms with van der Waals surface area (Å²) in [5.41, 5.74) is 9.86. The van der Waals surface area contributed by atoms with E-state index in [9.17, 15) is 8.78 Å². The van der Waals surface area contributed by atoms with Crippen molar-refractivity contribution in [3.8, 4) is 0 Å². The number of fused-ring (bicyclic) bond motifs is 1. The maximum Gasteiger partial charge on any atom is 0.125 e. The van der Waals surface area contributed by atoms with Gasteiger partial charge in [0.2, 0.25) is 0 Å². The van der Waals surface area contributed by atoms with E-state index >= 15 is 0 Å². The van der Waals surface area contributed by atoms with E-state index < -0.39 is 0 Å². The van der Waals surface area contributed by atoms with Crippen LogP contribution in [-0.2, 0) is 6.42 Å². The Labute approximate surface area is 123 Å². The van der Waals surface area contributed by atoms with Crippen LogP contribution < -0.4 is 10.6 Å². The molecule has 0 fully saturated rings. The molecule has 1 unspecified atom stereocenters. The van der Waals surface area contributed by atoms with Gasteiger partial charge in [0.25, 0.3) is 0 Å². The lowest BCUT2D eigenvalue weighted by Gasteiger charge is -2.31. The van der Waals surface area contributed by atoms with Gasteiger partial charge < -0.3 is 10.6 Å². The lowest BCUT2D eigenvalue weighted by Crippen LogP contribution is -2.33. The Bertz CT molecular complexity index is 670. The fraction of sp³-hybridized carbons (Fsp3) is 0.294. The molecule has 0 bridgehead atoms. The summed E-state index contributed by atoms with van der Waals surface area (Å²) in [5, 5.41) is 0. The second kappa shape index (κ2) is 5.45. The molecule has 2 nitrogen and oxygen atoms in total. The normalized spacial score (nSPS) is 15.1. The molecule has 1 atom stereocenters. The molecule has 2 aromatic rings. The Morgan fingerprint density at radius 2 is 1.86 bits per heavy atom. The highest BCUT2D eigenvalue weighted by Gasteiger charge is 2.27. The number of aryl methyl sites for hydroxylation is 1. The van der Waals surface area contributed by atoms with Gasteiger partial charge in [-0.2, -0.15) is 0 Å². The molecular formula is C17H18F2N2. The second-order valence-corrected chi connectivity index (χ2v) is 5.47. The van der Waals surface area contributed by atoms with E-state index in [2.05, 4.69) is 4.90 Å². The summed E-state index contributed by atoms with van der Waals surface area (Å²) in [6.45, 7) is 3.09. The molecule has 2 N–H and O–H groups in total. The molecule has 0 radical (unpaired) electrons. The van der Waals surface area contributed by atoms with Crippen molar-refractivity contribution in [1.29, 1.82) is 0 Å². The summed E-state index contributed by atoms with van der Waals surface area (Å²) in [7, 11) is 0. The van der Waals surface area contributed by atoms with Crippen LogP contribution in [0.5, 0.6) is 0 Å². The maximum absolute atomic E-state index is 13.5. The first-order valence-electron chi connectivity index (χ1n) is 7.11. The maximum atomic E-state index is 13.5. The minimum absolute atomic E-state index is 0.0614. The van der Waals surface area contributed by atoms with Crippen molar-refractivity contribution in [3.63, 3.8) is 0 Å². The summed E-state index contributed by atoms with van der Waals surface area (Å²) < 4.78 is 26.8. The topological polar surface area (TPSA) is 29.3 Å². The Hall–Kier alpha value is -1.94. The third kappa shape index (κ3) is 2.51. The number of nitrogens with zero attached hydrogens (tertiary/aromatic N) is 1. The van der Waals surface area contributed by atoms with Gasteiger partial charge in [0.15, 0.2) is 0 Å². The highest BCUT2D eigenvalue weighted by Crippen LogP contribution is 2.36. The smallest absolute Gasteiger partial charge is 0.125 e.